The summed E-state index contributed by atoms with van der Waals surface area (Å²) in [6.45, 7) is 5.80. The average molecular weight is 182 g/mol. The van der Waals surface area contributed by atoms with Crippen LogP contribution in [0.4, 0.5) is 0 Å². The van der Waals surface area contributed by atoms with Gasteiger partial charge in [0.1, 0.15) is 0 Å². The van der Waals surface area contributed by atoms with E-state index < -0.39 is 0 Å². The Morgan fingerprint density at radius 2 is 2.58 bits per heavy atom. The number of rotatable bonds is 4. The molecule has 3 heteroatoms. The van der Waals surface area contributed by atoms with Gasteiger partial charge in [0.25, 0.3) is 0 Å². The fourth-order valence-electron chi connectivity index (χ4n) is 1.21. The van der Waals surface area contributed by atoms with Gasteiger partial charge >= 0.3 is 0 Å². The lowest BCUT2D eigenvalue weighted by Crippen LogP contribution is -2.27. The molecule has 0 spiro atoms. The normalized spacial score (nSPS) is 12.8. The Morgan fingerprint density at radius 3 is 3.00 bits per heavy atom. The van der Waals surface area contributed by atoms with E-state index in [0.29, 0.717) is 0 Å². The molecule has 0 amide bonds. The Kier molecular flexibility index (Phi) is 3.47. The molecule has 1 atom stereocenters. The lowest BCUT2D eigenvalue weighted by molar-refractivity contribution is 0.561. The van der Waals surface area contributed by atoms with E-state index in [1.165, 1.54) is 10.4 Å². The standard InChI is InChI=1S/C9H14N2S/c1-3-4-9(11-10)8-5-6-12-7(8)2/h3,5-6,9,11H,1,4,10H2,2H3. The smallest absolute Gasteiger partial charge is 0.0505 e. The second kappa shape index (κ2) is 4.40. The molecule has 1 unspecified atom stereocenters. The summed E-state index contributed by atoms with van der Waals surface area (Å²) in [4.78, 5) is 1.32. The molecule has 0 bridgehead atoms. The third-order valence-corrected chi connectivity index (χ3v) is 2.74. The SMILES string of the molecule is C=CCC(NN)c1ccsc1C. The monoisotopic (exact) mass is 182 g/mol. The molecular weight excluding hydrogens is 168 g/mol. The molecule has 1 aromatic rings. The predicted octanol–water partition coefficient (Wildman–Crippen LogP) is 2.14. The van der Waals surface area contributed by atoms with Gasteiger partial charge < -0.3 is 0 Å². The zero-order valence-electron chi connectivity index (χ0n) is 7.21. The maximum absolute atomic E-state index is 5.43. The molecule has 0 fully saturated rings. The van der Waals surface area contributed by atoms with Gasteiger partial charge in [-0.2, -0.15) is 0 Å². The van der Waals surface area contributed by atoms with Gasteiger partial charge in [0.2, 0.25) is 0 Å². The lowest BCUT2D eigenvalue weighted by Gasteiger charge is -2.13. The van der Waals surface area contributed by atoms with Crippen molar-refractivity contribution in [3.8, 4) is 0 Å². The second-order valence-corrected chi connectivity index (χ2v) is 3.80. The molecule has 0 aliphatic heterocycles. The molecule has 0 aromatic carbocycles. The summed E-state index contributed by atoms with van der Waals surface area (Å²) in [6, 6.07) is 2.32. The van der Waals surface area contributed by atoms with Crippen molar-refractivity contribution in [3.63, 3.8) is 0 Å². The highest BCUT2D eigenvalue weighted by atomic mass is 32.1. The fourth-order valence-corrected chi connectivity index (χ4v) is 1.97. The molecule has 1 rings (SSSR count). The van der Waals surface area contributed by atoms with Crippen LogP contribution in [-0.4, -0.2) is 0 Å². The summed E-state index contributed by atoms with van der Waals surface area (Å²) in [5.74, 6) is 5.43. The van der Waals surface area contributed by atoms with Crippen molar-refractivity contribution in [2.24, 2.45) is 5.84 Å². The molecule has 0 saturated heterocycles. The van der Waals surface area contributed by atoms with E-state index in [2.05, 4.69) is 30.4 Å². The third kappa shape index (κ3) is 1.94. The van der Waals surface area contributed by atoms with E-state index in [4.69, 9.17) is 5.84 Å². The molecule has 1 aromatic heterocycles. The van der Waals surface area contributed by atoms with Crippen LogP contribution in [0.15, 0.2) is 24.1 Å². The lowest BCUT2D eigenvalue weighted by atomic mass is 10.1. The van der Waals surface area contributed by atoms with Gasteiger partial charge in [-0.05, 0) is 30.4 Å². The number of hydrogen-bond acceptors (Lipinski definition) is 3. The Hall–Kier alpha value is -0.640. The van der Waals surface area contributed by atoms with Gasteiger partial charge in [-0.25, -0.2) is 0 Å². The summed E-state index contributed by atoms with van der Waals surface area (Å²) in [6.07, 6.45) is 2.75. The Labute approximate surface area is 77.1 Å². The minimum atomic E-state index is 0.216. The summed E-state index contributed by atoms with van der Waals surface area (Å²) >= 11 is 1.74. The number of nitrogens with two attached hydrogens (primary N) is 1. The Balaban J connectivity index is 2.78. The van der Waals surface area contributed by atoms with Crippen LogP contribution in [0.2, 0.25) is 0 Å². The molecule has 12 heavy (non-hydrogen) atoms. The fraction of sp³-hybridized carbons (Fsp3) is 0.333. The molecule has 2 nitrogen and oxygen atoms in total. The van der Waals surface area contributed by atoms with Crippen molar-refractivity contribution in [2.45, 2.75) is 19.4 Å². The number of hydrazine groups is 1. The predicted molar refractivity (Wildman–Crippen MR) is 53.9 cm³/mol. The van der Waals surface area contributed by atoms with E-state index in [0.717, 1.165) is 6.42 Å². The number of aryl methyl sites for hydroxylation is 1. The van der Waals surface area contributed by atoms with Gasteiger partial charge in [0.05, 0.1) is 6.04 Å². The second-order valence-electron chi connectivity index (χ2n) is 2.68. The van der Waals surface area contributed by atoms with Gasteiger partial charge in [-0.15, -0.1) is 17.9 Å². The van der Waals surface area contributed by atoms with Crippen molar-refractivity contribution < 1.29 is 0 Å². The van der Waals surface area contributed by atoms with Crippen LogP contribution in [0.1, 0.15) is 22.9 Å². The van der Waals surface area contributed by atoms with E-state index in [9.17, 15) is 0 Å². The first-order valence-electron chi connectivity index (χ1n) is 3.90. The van der Waals surface area contributed by atoms with Crippen molar-refractivity contribution in [2.75, 3.05) is 0 Å². The van der Waals surface area contributed by atoms with Crippen LogP contribution >= 0.6 is 11.3 Å². The minimum Gasteiger partial charge on any atom is -0.271 e. The van der Waals surface area contributed by atoms with Crippen LogP contribution in [0.3, 0.4) is 0 Å². The van der Waals surface area contributed by atoms with Crippen molar-refractivity contribution >= 4 is 11.3 Å². The first-order valence-corrected chi connectivity index (χ1v) is 4.78. The van der Waals surface area contributed by atoms with E-state index >= 15 is 0 Å². The Morgan fingerprint density at radius 1 is 1.83 bits per heavy atom. The molecule has 0 aliphatic rings. The summed E-state index contributed by atoms with van der Waals surface area (Å²) in [5, 5.41) is 2.08. The van der Waals surface area contributed by atoms with Gasteiger partial charge in [-0.1, -0.05) is 6.08 Å². The van der Waals surface area contributed by atoms with Crippen LogP contribution in [0.5, 0.6) is 0 Å². The molecule has 0 aliphatic carbocycles. The van der Waals surface area contributed by atoms with E-state index in [1.54, 1.807) is 11.3 Å². The van der Waals surface area contributed by atoms with Crippen LogP contribution in [0, 0.1) is 6.92 Å². The Bertz CT molecular complexity index is 255. The minimum absolute atomic E-state index is 0.216. The average Bonchev–Trinajstić information content (AvgIpc) is 2.47. The maximum atomic E-state index is 5.43. The topological polar surface area (TPSA) is 38.0 Å². The van der Waals surface area contributed by atoms with Crippen LogP contribution < -0.4 is 11.3 Å². The van der Waals surface area contributed by atoms with E-state index in [1.807, 2.05) is 6.08 Å². The molecule has 0 radical (unpaired) electrons. The first-order chi connectivity index (χ1) is 5.79. The largest absolute Gasteiger partial charge is 0.271 e. The summed E-state index contributed by atoms with van der Waals surface area (Å²) in [7, 11) is 0. The zero-order valence-corrected chi connectivity index (χ0v) is 8.03. The summed E-state index contributed by atoms with van der Waals surface area (Å²) < 4.78 is 0. The highest BCUT2D eigenvalue weighted by Gasteiger charge is 2.10. The van der Waals surface area contributed by atoms with Gasteiger partial charge in [0, 0.05) is 4.88 Å². The van der Waals surface area contributed by atoms with Crippen LogP contribution in [-0.2, 0) is 0 Å². The third-order valence-electron chi connectivity index (χ3n) is 1.88. The highest BCUT2D eigenvalue weighted by molar-refractivity contribution is 7.10. The molecule has 3 N–H and O–H groups in total. The number of nitrogens with one attached hydrogen (secondary N) is 1. The number of thiophene rings is 1. The summed E-state index contributed by atoms with van der Waals surface area (Å²) in [5.41, 5.74) is 4.06. The molecule has 1 heterocycles. The van der Waals surface area contributed by atoms with Gasteiger partial charge in [-0.3, -0.25) is 11.3 Å². The first kappa shape index (κ1) is 9.45. The van der Waals surface area contributed by atoms with Gasteiger partial charge in [0.15, 0.2) is 0 Å². The quantitative estimate of drug-likeness (QED) is 0.425. The van der Waals surface area contributed by atoms with E-state index in [-0.39, 0.29) is 6.04 Å². The molecule has 66 valence electrons. The van der Waals surface area contributed by atoms with Crippen molar-refractivity contribution in [1.29, 1.82) is 0 Å². The molecular formula is C9H14N2S. The number of hydrogen-bond donors (Lipinski definition) is 2. The maximum Gasteiger partial charge on any atom is 0.0505 e. The van der Waals surface area contributed by atoms with Crippen molar-refractivity contribution in [1.82, 2.24) is 5.43 Å². The molecule has 0 saturated carbocycles. The highest BCUT2D eigenvalue weighted by Crippen LogP contribution is 2.24. The van der Waals surface area contributed by atoms with Crippen molar-refractivity contribution in [3.05, 3.63) is 34.5 Å². The zero-order chi connectivity index (χ0) is 8.97. The van der Waals surface area contributed by atoms with Crippen LogP contribution in [0.25, 0.3) is 0 Å².